The molecule has 2 rings (SSSR count). The van der Waals surface area contributed by atoms with E-state index < -0.39 is 5.97 Å². The summed E-state index contributed by atoms with van der Waals surface area (Å²) in [5.41, 5.74) is 0.596. The van der Waals surface area contributed by atoms with Crippen molar-refractivity contribution in [3.05, 3.63) is 41.4 Å². The van der Waals surface area contributed by atoms with Crippen LogP contribution in [0.15, 0.2) is 30.6 Å². The molecule has 15 heavy (non-hydrogen) atoms. The lowest BCUT2D eigenvalue weighted by atomic mass is 10.3. The molecule has 0 saturated carbocycles. The number of nitrogens with zero attached hydrogens (tertiary/aromatic N) is 3. The number of benzene rings is 1. The van der Waals surface area contributed by atoms with Gasteiger partial charge in [0, 0.05) is 0 Å². The number of para-hydroxylation sites is 1. The van der Waals surface area contributed by atoms with Crippen LogP contribution in [-0.2, 0) is 0 Å². The molecule has 76 valence electrons. The van der Waals surface area contributed by atoms with Crippen LogP contribution in [0, 0.1) is 0 Å². The Morgan fingerprint density at radius 1 is 1.40 bits per heavy atom. The molecule has 0 spiro atoms. The first kappa shape index (κ1) is 9.67. The Morgan fingerprint density at radius 3 is 2.73 bits per heavy atom. The number of aromatic nitrogens is 3. The Bertz CT molecular complexity index is 510. The van der Waals surface area contributed by atoms with Gasteiger partial charge in [0.1, 0.15) is 6.33 Å². The molecule has 1 heterocycles. The van der Waals surface area contributed by atoms with Crippen molar-refractivity contribution in [2.45, 2.75) is 0 Å². The van der Waals surface area contributed by atoms with E-state index in [9.17, 15) is 4.79 Å². The van der Waals surface area contributed by atoms with Crippen molar-refractivity contribution in [1.29, 1.82) is 0 Å². The highest BCUT2D eigenvalue weighted by atomic mass is 35.5. The van der Waals surface area contributed by atoms with Crippen LogP contribution in [0.5, 0.6) is 0 Å². The van der Waals surface area contributed by atoms with Crippen molar-refractivity contribution in [2.24, 2.45) is 0 Å². The Balaban J connectivity index is 2.46. The topological polar surface area (TPSA) is 68.0 Å². The minimum absolute atomic E-state index is 0.255. The first-order valence-corrected chi connectivity index (χ1v) is 4.46. The summed E-state index contributed by atoms with van der Waals surface area (Å²) in [6, 6.07) is 6.98. The van der Waals surface area contributed by atoms with Gasteiger partial charge in [0.05, 0.1) is 10.7 Å². The zero-order chi connectivity index (χ0) is 10.8. The molecule has 0 unspecified atom stereocenters. The number of rotatable bonds is 2. The molecule has 1 N–H and O–H groups in total. The molecule has 1 aromatic heterocycles. The molecule has 0 aliphatic heterocycles. The van der Waals surface area contributed by atoms with Gasteiger partial charge in [0.25, 0.3) is 5.82 Å². The fraction of sp³-hybridized carbons (Fsp3) is 0. The SMILES string of the molecule is O=C(O)c1ncn(-c2ccccc2Cl)n1. The summed E-state index contributed by atoms with van der Waals surface area (Å²) in [5.74, 6) is -1.42. The lowest BCUT2D eigenvalue weighted by molar-refractivity contribution is 0.0683. The molecular formula is C9H6ClN3O2. The van der Waals surface area contributed by atoms with Crippen molar-refractivity contribution in [2.75, 3.05) is 0 Å². The minimum atomic E-state index is -1.17. The molecule has 0 aliphatic carbocycles. The van der Waals surface area contributed by atoms with E-state index in [1.807, 2.05) is 0 Å². The third-order valence-corrected chi connectivity index (χ3v) is 2.10. The van der Waals surface area contributed by atoms with Crippen LogP contribution < -0.4 is 0 Å². The first-order chi connectivity index (χ1) is 7.18. The highest BCUT2D eigenvalue weighted by Crippen LogP contribution is 2.18. The summed E-state index contributed by atoms with van der Waals surface area (Å²) < 4.78 is 1.33. The average molecular weight is 224 g/mol. The van der Waals surface area contributed by atoms with Crippen LogP contribution in [-0.4, -0.2) is 25.8 Å². The highest BCUT2D eigenvalue weighted by molar-refractivity contribution is 6.32. The lowest BCUT2D eigenvalue weighted by Gasteiger charge is -2.01. The van der Waals surface area contributed by atoms with Gasteiger partial charge >= 0.3 is 5.97 Å². The van der Waals surface area contributed by atoms with Gasteiger partial charge in [-0.15, -0.1) is 5.10 Å². The minimum Gasteiger partial charge on any atom is -0.475 e. The Hall–Kier alpha value is -1.88. The molecule has 0 saturated heterocycles. The molecule has 6 heteroatoms. The number of hydrogen-bond acceptors (Lipinski definition) is 3. The molecule has 0 bridgehead atoms. The molecule has 5 nitrogen and oxygen atoms in total. The molecule has 0 radical (unpaired) electrons. The molecule has 0 aliphatic rings. The monoisotopic (exact) mass is 223 g/mol. The van der Waals surface area contributed by atoms with E-state index >= 15 is 0 Å². The third-order valence-electron chi connectivity index (χ3n) is 1.78. The van der Waals surface area contributed by atoms with Gasteiger partial charge in [-0.1, -0.05) is 23.7 Å². The molecule has 0 atom stereocenters. The van der Waals surface area contributed by atoms with Gasteiger partial charge in [-0.05, 0) is 12.1 Å². The van der Waals surface area contributed by atoms with Crippen LogP contribution in [0.2, 0.25) is 5.02 Å². The summed E-state index contributed by atoms with van der Waals surface area (Å²) in [6.07, 6.45) is 1.31. The second-order valence-electron chi connectivity index (χ2n) is 2.77. The molecule has 1 aromatic carbocycles. The van der Waals surface area contributed by atoms with Gasteiger partial charge in [0.2, 0.25) is 0 Å². The van der Waals surface area contributed by atoms with Crippen LogP contribution in [0.1, 0.15) is 10.6 Å². The summed E-state index contributed by atoms with van der Waals surface area (Å²) >= 11 is 5.91. The predicted molar refractivity (Wildman–Crippen MR) is 53.3 cm³/mol. The van der Waals surface area contributed by atoms with Crippen LogP contribution in [0.25, 0.3) is 5.69 Å². The van der Waals surface area contributed by atoms with Gasteiger partial charge in [0.15, 0.2) is 0 Å². The lowest BCUT2D eigenvalue weighted by Crippen LogP contribution is -2.01. The normalized spacial score (nSPS) is 10.2. The fourth-order valence-electron chi connectivity index (χ4n) is 1.11. The maximum atomic E-state index is 10.6. The van der Waals surface area contributed by atoms with E-state index in [4.69, 9.17) is 16.7 Å². The largest absolute Gasteiger partial charge is 0.475 e. The maximum absolute atomic E-state index is 10.6. The van der Waals surface area contributed by atoms with Gasteiger partial charge in [-0.2, -0.15) is 0 Å². The maximum Gasteiger partial charge on any atom is 0.375 e. The fourth-order valence-corrected chi connectivity index (χ4v) is 1.34. The van der Waals surface area contributed by atoms with Crippen LogP contribution in [0.4, 0.5) is 0 Å². The molecule has 0 amide bonds. The van der Waals surface area contributed by atoms with Crippen molar-refractivity contribution in [3.8, 4) is 5.69 Å². The van der Waals surface area contributed by atoms with Crippen molar-refractivity contribution < 1.29 is 9.90 Å². The molecule has 2 aromatic rings. The van der Waals surface area contributed by atoms with Crippen molar-refractivity contribution >= 4 is 17.6 Å². The van der Waals surface area contributed by atoms with E-state index in [2.05, 4.69) is 10.1 Å². The Morgan fingerprint density at radius 2 is 2.13 bits per heavy atom. The number of halogens is 1. The summed E-state index contributed by atoms with van der Waals surface area (Å²) in [4.78, 5) is 14.2. The number of carboxylic acids is 1. The average Bonchev–Trinajstić information content (AvgIpc) is 2.67. The first-order valence-electron chi connectivity index (χ1n) is 4.08. The van der Waals surface area contributed by atoms with Crippen LogP contribution in [0.3, 0.4) is 0 Å². The van der Waals surface area contributed by atoms with Crippen molar-refractivity contribution in [1.82, 2.24) is 14.8 Å². The molecular weight excluding hydrogens is 218 g/mol. The zero-order valence-corrected chi connectivity index (χ0v) is 8.22. The standard InChI is InChI=1S/C9H6ClN3O2/c10-6-3-1-2-4-7(6)13-5-11-8(12-13)9(14)15/h1-5H,(H,14,15). The Kier molecular flexibility index (Phi) is 2.39. The summed E-state index contributed by atoms with van der Waals surface area (Å²) in [5, 5.41) is 12.9. The Labute approximate surface area is 89.9 Å². The smallest absolute Gasteiger partial charge is 0.375 e. The quantitative estimate of drug-likeness (QED) is 0.840. The zero-order valence-electron chi connectivity index (χ0n) is 7.46. The van der Waals surface area contributed by atoms with E-state index in [0.29, 0.717) is 10.7 Å². The number of hydrogen-bond donors (Lipinski definition) is 1. The number of aromatic carboxylic acids is 1. The van der Waals surface area contributed by atoms with Crippen LogP contribution >= 0.6 is 11.6 Å². The highest BCUT2D eigenvalue weighted by Gasteiger charge is 2.10. The van der Waals surface area contributed by atoms with E-state index in [1.165, 1.54) is 11.0 Å². The number of carbonyl (C=O) groups is 1. The molecule has 0 fully saturated rings. The summed E-state index contributed by atoms with van der Waals surface area (Å²) in [6.45, 7) is 0. The van der Waals surface area contributed by atoms with E-state index in [1.54, 1.807) is 24.3 Å². The second-order valence-corrected chi connectivity index (χ2v) is 3.18. The third kappa shape index (κ3) is 1.82. The van der Waals surface area contributed by atoms with Gasteiger partial charge < -0.3 is 5.11 Å². The predicted octanol–water partition coefficient (Wildman–Crippen LogP) is 1.62. The summed E-state index contributed by atoms with van der Waals surface area (Å²) in [7, 11) is 0. The number of carboxylic acid groups (broad SMARTS) is 1. The van der Waals surface area contributed by atoms with E-state index in [-0.39, 0.29) is 5.82 Å². The van der Waals surface area contributed by atoms with Gasteiger partial charge in [-0.3, -0.25) is 0 Å². The van der Waals surface area contributed by atoms with Gasteiger partial charge in [-0.25, -0.2) is 14.5 Å². The van der Waals surface area contributed by atoms with E-state index in [0.717, 1.165) is 0 Å². The van der Waals surface area contributed by atoms with Crippen molar-refractivity contribution in [3.63, 3.8) is 0 Å². The second kappa shape index (κ2) is 3.70.